The Morgan fingerprint density at radius 3 is 2.45 bits per heavy atom. The van der Waals surface area contributed by atoms with Crippen molar-refractivity contribution in [1.82, 2.24) is 0 Å². The van der Waals surface area contributed by atoms with E-state index >= 15 is 0 Å². The van der Waals surface area contributed by atoms with E-state index in [2.05, 4.69) is 0 Å². The molecule has 0 saturated heterocycles. The normalized spacial score (nSPS) is 34.5. The molecule has 0 aromatic carbocycles. The predicted molar refractivity (Wildman–Crippen MR) is 40.7 cm³/mol. The highest BCUT2D eigenvalue weighted by Crippen LogP contribution is 2.42. The molecule has 3 nitrogen and oxygen atoms in total. The van der Waals surface area contributed by atoms with E-state index in [0.717, 1.165) is 5.57 Å². The lowest BCUT2D eigenvalue weighted by molar-refractivity contribution is 0.451. The van der Waals surface area contributed by atoms with Crippen LogP contribution in [-0.2, 0) is 10.1 Å². The van der Waals surface area contributed by atoms with Gasteiger partial charge in [-0.15, -0.1) is 0 Å². The molecule has 0 radical (unpaired) electrons. The highest BCUT2D eigenvalue weighted by Gasteiger charge is 2.46. The Morgan fingerprint density at radius 1 is 1.55 bits per heavy atom. The van der Waals surface area contributed by atoms with Crippen LogP contribution in [0.25, 0.3) is 0 Å². The van der Waals surface area contributed by atoms with E-state index in [1.54, 1.807) is 12.2 Å². The van der Waals surface area contributed by atoms with Crippen molar-refractivity contribution in [3.05, 3.63) is 23.8 Å². The summed E-state index contributed by atoms with van der Waals surface area (Å²) < 4.78 is 29.7. The van der Waals surface area contributed by atoms with Crippen LogP contribution >= 0.6 is 0 Å². The van der Waals surface area contributed by atoms with Gasteiger partial charge in [0.05, 0.1) is 0 Å². The maximum atomic E-state index is 10.9. The molecule has 0 amide bonds. The van der Waals surface area contributed by atoms with Crippen molar-refractivity contribution in [2.75, 3.05) is 0 Å². The van der Waals surface area contributed by atoms with Crippen molar-refractivity contribution in [2.45, 2.75) is 17.6 Å². The zero-order chi connectivity index (χ0) is 8.11. The summed E-state index contributed by atoms with van der Waals surface area (Å²) in [5, 5.41) is 0. The van der Waals surface area contributed by atoms with Crippen LogP contribution in [-0.4, -0.2) is 17.7 Å². The summed E-state index contributed by atoms with van der Waals surface area (Å²) in [5.74, 6) is 0. The minimum atomic E-state index is -3.91. The summed E-state index contributed by atoms with van der Waals surface area (Å²) in [6, 6.07) is 0. The van der Waals surface area contributed by atoms with E-state index < -0.39 is 14.9 Å². The first-order chi connectivity index (χ1) is 5.04. The lowest BCUT2D eigenvalue weighted by atomic mass is 10.1. The third-order valence-corrected chi connectivity index (χ3v) is 3.80. The third kappa shape index (κ3) is 0.795. The summed E-state index contributed by atoms with van der Waals surface area (Å²) in [4.78, 5) is 0. The molecule has 0 spiro atoms. The van der Waals surface area contributed by atoms with Crippen molar-refractivity contribution in [2.24, 2.45) is 0 Å². The Morgan fingerprint density at radius 2 is 2.27 bits per heavy atom. The van der Waals surface area contributed by atoms with E-state index in [-0.39, 0.29) is 0 Å². The topological polar surface area (TPSA) is 54.4 Å². The molecule has 0 saturated carbocycles. The van der Waals surface area contributed by atoms with Crippen LogP contribution in [0.4, 0.5) is 0 Å². The number of hydrogen-bond acceptors (Lipinski definition) is 2. The molecule has 60 valence electrons. The molecule has 4 heteroatoms. The molecular formula is C7H8O3S. The first-order valence-corrected chi connectivity index (χ1v) is 4.83. The van der Waals surface area contributed by atoms with Crippen LogP contribution < -0.4 is 0 Å². The zero-order valence-electron chi connectivity index (χ0n) is 5.82. The van der Waals surface area contributed by atoms with Crippen LogP contribution in [0.1, 0.15) is 12.8 Å². The van der Waals surface area contributed by atoms with Gasteiger partial charge in [-0.3, -0.25) is 4.55 Å². The molecule has 0 aromatic rings. The molecule has 0 aliphatic heterocycles. The van der Waals surface area contributed by atoms with Gasteiger partial charge in [0.15, 0.2) is 0 Å². The second-order valence-corrected chi connectivity index (χ2v) is 4.80. The Balaban J connectivity index is 2.51. The highest BCUT2D eigenvalue weighted by molar-refractivity contribution is 7.87. The molecule has 2 bridgehead atoms. The Hall–Kier alpha value is -0.610. The second kappa shape index (κ2) is 1.76. The van der Waals surface area contributed by atoms with E-state index in [4.69, 9.17) is 4.55 Å². The fourth-order valence-electron chi connectivity index (χ4n) is 1.59. The summed E-state index contributed by atoms with van der Waals surface area (Å²) >= 11 is 0. The summed E-state index contributed by atoms with van der Waals surface area (Å²) in [5.41, 5.74) is 1.02. The molecule has 1 N–H and O–H groups in total. The minimum absolute atomic E-state index is 0.428. The van der Waals surface area contributed by atoms with Gasteiger partial charge in [0.1, 0.15) is 4.75 Å². The van der Waals surface area contributed by atoms with Crippen LogP contribution in [0.3, 0.4) is 0 Å². The Kier molecular flexibility index (Phi) is 1.13. The van der Waals surface area contributed by atoms with Gasteiger partial charge < -0.3 is 0 Å². The molecule has 2 aliphatic rings. The summed E-state index contributed by atoms with van der Waals surface area (Å²) in [6.45, 7) is 0. The number of hydrogen-bond donors (Lipinski definition) is 1. The van der Waals surface area contributed by atoms with E-state index in [1.807, 2.05) is 6.08 Å². The largest absolute Gasteiger partial charge is 0.285 e. The molecule has 2 rings (SSSR count). The molecule has 1 unspecified atom stereocenters. The van der Waals surface area contributed by atoms with Gasteiger partial charge >= 0.3 is 0 Å². The van der Waals surface area contributed by atoms with Crippen LogP contribution in [0.15, 0.2) is 23.8 Å². The molecule has 1 atom stereocenters. The first kappa shape index (κ1) is 7.06. The molecule has 0 aromatic heterocycles. The molecule has 11 heavy (non-hydrogen) atoms. The fraction of sp³-hybridized carbons (Fsp3) is 0.429. The van der Waals surface area contributed by atoms with Gasteiger partial charge in [-0.1, -0.05) is 23.8 Å². The number of fused-ring (bicyclic) bond motifs is 2. The highest BCUT2D eigenvalue weighted by atomic mass is 32.2. The fourth-order valence-corrected chi connectivity index (χ4v) is 2.47. The van der Waals surface area contributed by atoms with Crippen molar-refractivity contribution in [1.29, 1.82) is 0 Å². The molecule has 2 aliphatic carbocycles. The molecule has 0 fully saturated rings. The van der Waals surface area contributed by atoms with E-state index in [9.17, 15) is 8.42 Å². The number of allylic oxidation sites excluding steroid dienone is 3. The maximum Gasteiger partial charge on any atom is 0.274 e. The zero-order valence-corrected chi connectivity index (χ0v) is 6.63. The van der Waals surface area contributed by atoms with Gasteiger partial charge in [-0.25, -0.2) is 0 Å². The monoisotopic (exact) mass is 172 g/mol. The Labute approximate surface area is 65.2 Å². The van der Waals surface area contributed by atoms with Crippen molar-refractivity contribution in [3.63, 3.8) is 0 Å². The van der Waals surface area contributed by atoms with Gasteiger partial charge in [-0.2, -0.15) is 8.42 Å². The van der Waals surface area contributed by atoms with Gasteiger partial charge in [0.2, 0.25) is 0 Å². The maximum absolute atomic E-state index is 10.9. The smallest absolute Gasteiger partial charge is 0.274 e. The molecule has 0 heterocycles. The lowest BCUT2D eigenvalue weighted by Crippen LogP contribution is -2.31. The summed E-state index contributed by atoms with van der Waals surface area (Å²) in [6.07, 6.45) is 6.08. The first-order valence-electron chi connectivity index (χ1n) is 3.39. The van der Waals surface area contributed by atoms with E-state index in [1.165, 1.54) is 0 Å². The van der Waals surface area contributed by atoms with Crippen molar-refractivity contribution < 1.29 is 13.0 Å². The second-order valence-electron chi connectivity index (χ2n) is 3.03. The van der Waals surface area contributed by atoms with Crippen LogP contribution in [0, 0.1) is 0 Å². The van der Waals surface area contributed by atoms with Crippen LogP contribution in [0.5, 0.6) is 0 Å². The van der Waals surface area contributed by atoms with Gasteiger partial charge in [-0.05, 0) is 12.8 Å². The summed E-state index contributed by atoms with van der Waals surface area (Å²) in [7, 11) is -3.91. The predicted octanol–water partition coefficient (Wildman–Crippen LogP) is 0.903. The van der Waals surface area contributed by atoms with Crippen molar-refractivity contribution in [3.8, 4) is 0 Å². The SMILES string of the molecule is O=S(=O)(O)C12C=CC(=CC1)C2. The quantitative estimate of drug-likeness (QED) is 0.598. The average Bonchev–Trinajstić information content (AvgIpc) is 2.42. The lowest BCUT2D eigenvalue weighted by Gasteiger charge is -2.17. The van der Waals surface area contributed by atoms with Crippen molar-refractivity contribution >= 4 is 10.1 Å². The standard InChI is InChI=1S/C7H8O3S/c8-11(9,10)7-3-1-6(5-7)2-4-7/h1-3H,4-5H2,(H,8,9,10). The number of rotatable bonds is 1. The van der Waals surface area contributed by atoms with Crippen LogP contribution in [0.2, 0.25) is 0 Å². The Bertz CT molecular complexity index is 350. The van der Waals surface area contributed by atoms with Gasteiger partial charge in [0.25, 0.3) is 10.1 Å². The molecular weight excluding hydrogens is 164 g/mol. The third-order valence-electron chi connectivity index (χ3n) is 2.33. The van der Waals surface area contributed by atoms with E-state index in [0.29, 0.717) is 12.8 Å². The minimum Gasteiger partial charge on any atom is -0.285 e. The average molecular weight is 172 g/mol. The van der Waals surface area contributed by atoms with Gasteiger partial charge in [0, 0.05) is 0 Å².